The lowest BCUT2D eigenvalue weighted by molar-refractivity contribution is -0.394. The number of rotatable bonds is 5. The Labute approximate surface area is 137 Å². The molecule has 24 heavy (non-hydrogen) atoms. The maximum Gasteiger partial charge on any atom is 0.279 e. The Kier molecular flexibility index (Phi) is 4.88. The van der Waals surface area contributed by atoms with Crippen molar-refractivity contribution in [3.05, 3.63) is 79.4 Å². The van der Waals surface area contributed by atoms with E-state index >= 15 is 0 Å². The van der Waals surface area contributed by atoms with E-state index in [0.717, 1.165) is 17.7 Å². The topological polar surface area (TPSA) is 115 Å². The Morgan fingerprint density at radius 3 is 2.25 bits per heavy atom. The fourth-order valence-electron chi connectivity index (χ4n) is 2.31. The highest BCUT2D eigenvalue weighted by molar-refractivity contribution is 5.97. The molecule has 0 saturated carbocycles. The summed E-state index contributed by atoms with van der Waals surface area (Å²) in [5, 5.41) is 24.7. The number of nitrogens with one attached hydrogen (secondary N) is 1. The molecule has 1 unspecified atom stereocenters. The number of carbonyl (C=O) groups excluding carboxylic acids is 1. The number of carbonyl (C=O) groups is 1. The van der Waals surface area contributed by atoms with Crippen LogP contribution in [-0.4, -0.2) is 15.8 Å². The van der Waals surface area contributed by atoms with Gasteiger partial charge in [0.15, 0.2) is 0 Å². The molecule has 0 aliphatic heterocycles. The predicted octanol–water partition coefficient (Wildman–Crippen LogP) is 3.30. The molecule has 2 rings (SSSR count). The van der Waals surface area contributed by atoms with Gasteiger partial charge in [-0.1, -0.05) is 30.3 Å². The highest BCUT2D eigenvalue weighted by atomic mass is 16.6. The van der Waals surface area contributed by atoms with Crippen LogP contribution in [0.15, 0.2) is 42.5 Å². The molecule has 0 heterocycles. The molecule has 0 fully saturated rings. The Balaban J connectivity index is 2.38. The molecule has 8 nitrogen and oxygen atoms in total. The van der Waals surface area contributed by atoms with E-state index in [1.54, 1.807) is 6.92 Å². The summed E-state index contributed by atoms with van der Waals surface area (Å²) in [6.45, 7) is 3.15. The van der Waals surface area contributed by atoms with Gasteiger partial charge in [-0.15, -0.1) is 0 Å². The van der Waals surface area contributed by atoms with Gasteiger partial charge in [0.2, 0.25) is 0 Å². The number of nitro groups is 2. The lowest BCUT2D eigenvalue weighted by Gasteiger charge is -2.15. The summed E-state index contributed by atoms with van der Waals surface area (Å²) in [5.41, 5.74) is -0.1000. The number of hydrogen-bond acceptors (Lipinski definition) is 5. The minimum absolute atomic E-state index is 0.0846. The molecule has 0 bridgehead atoms. The highest BCUT2D eigenvalue weighted by Gasteiger charge is 2.25. The highest BCUT2D eigenvalue weighted by Crippen LogP contribution is 2.28. The van der Waals surface area contributed by atoms with Crippen molar-refractivity contribution in [1.82, 2.24) is 5.32 Å². The average molecular weight is 329 g/mol. The summed E-state index contributed by atoms with van der Waals surface area (Å²) >= 11 is 0. The van der Waals surface area contributed by atoms with Gasteiger partial charge in [-0.3, -0.25) is 25.0 Å². The lowest BCUT2D eigenvalue weighted by Crippen LogP contribution is -2.27. The van der Waals surface area contributed by atoms with Crippen LogP contribution < -0.4 is 5.32 Å². The predicted molar refractivity (Wildman–Crippen MR) is 86.8 cm³/mol. The maximum atomic E-state index is 12.4. The smallest absolute Gasteiger partial charge is 0.279 e. The van der Waals surface area contributed by atoms with Gasteiger partial charge in [0, 0.05) is 11.6 Å². The molecule has 1 amide bonds. The Bertz CT molecular complexity index is 805. The quantitative estimate of drug-likeness (QED) is 0.667. The first-order chi connectivity index (χ1) is 11.3. The molecular formula is C16H15N3O5. The fourth-order valence-corrected chi connectivity index (χ4v) is 2.31. The van der Waals surface area contributed by atoms with E-state index in [9.17, 15) is 25.0 Å². The maximum absolute atomic E-state index is 12.4. The van der Waals surface area contributed by atoms with Crippen LogP contribution in [0.4, 0.5) is 11.4 Å². The number of hydrogen-bond donors (Lipinski definition) is 1. The molecular weight excluding hydrogens is 314 g/mol. The summed E-state index contributed by atoms with van der Waals surface area (Å²) in [6.07, 6.45) is 0. The lowest BCUT2D eigenvalue weighted by atomic mass is 10.0. The zero-order valence-electron chi connectivity index (χ0n) is 13.1. The average Bonchev–Trinajstić information content (AvgIpc) is 2.55. The number of benzene rings is 2. The Morgan fingerprint density at radius 1 is 1.08 bits per heavy atom. The fraction of sp³-hybridized carbons (Fsp3) is 0.188. The normalized spacial score (nSPS) is 11.6. The van der Waals surface area contributed by atoms with Crippen molar-refractivity contribution in [2.24, 2.45) is 0 Å². The van der Waals surface area contributed by atoms with Crippen LogP contribution in [0.25, 0.3) is 0 Å². The minimum atomic E-state index is -0.760. The third-order valence-corrected chi connectivity index (χ3v) is 3.66. The second-order valence-corrected chi connectivity index (χ2v) is 5.26. The SMILES string of the molecule is Cc1c(C(=O)NC(C)c2ccccc2)cc([N+](=O)[O-])cc1[N+](=O)[O-]. The van der Waals surface area contributed by atoms with Gasteiger partial charge in [0.05, 0.1) is 27.5 Å². The molecule has 0 radical (unpaired) electrons. The van der Waals surface area contributed by atoms with Gasteiger partial charge >= 0.3 is 0 Å². The summed E-state index contributed by atoms with van der Waals surface area (Å²) in [7, 11) is 0. The summed E-state index contributed by atoms with van der Waals surface area (Å²) < 4.78 is 0. The third-order valence-electron chi connectivity index (χ3n) is 3.66. The number of nitro benzene ring substituents is 2. The third kappa shape index (κ3) is 3.54. The minimum Gasteiger partial charge on any atom is -0.346 e. The van der Waals surface area contributed by atoms with Crippen molar-refractivity contribution in [1.29, 1.82) is 0 Å². The molecule has 0 aliphatic carbocycles. The van der Waals surface area contributed by atoms with Crippen LogP contribution >= 0.6 is 0 Å². The van der Waals surface area contributed by atoms with Crippen molar-refractivity contribution in [3.8, 4) is 0 Å². The molecule has 0 saturated heterocycles. The summed E-state index contributed by atoms with van der Waals surface area (Å²) in [6, 6.07) is 10.7. The van der Waals surface area contributed by atoms with E-state index in [2.05, 4.69) is 5.32 Å². The van der Waals surface area contributed by atoms with Crippen molar-refractivity contribution in [2.75, 3.05) is 0 Å². The first kappa shape index (κ1) is 17.1. The van der Waals surface area contributed by atoms with Gasteiger partial charge in [-0.25, -0.2) is 0 Å². The van der Waals surface area contributed by atoms with Crippen molar-refractivity contribution in [3.63, 3.8) is 0 Å². The van der Waals surface area contributed by atoms with Crippen LogP contribution in [0.5, 0.6) is 0 Å². The largest absolute Gasteiger partial charge is 0.346 e. The summed E-state index contributed by atoms with van der Waals surface area (Å²) in [4.78, 5) is 33.0. The van der Waals surface area contributed by atoms with E-state index in [4.69, 9.17) is 0 Å². The van der Waals surface area contributed by atoms with Gasteiger partial charge in [-0.2, -0.15) is 0 Å². The second kappa shape index (κ2) is 6.86. The van der Waals surface area contributed by atoms with Crippen molar-refractivity contribution < 1.29 is 14.6 Å². The molecule has 2 aromatic carbocycles. The molecule has 1 atom stereocenters. The molecule has 124 valence electrons. The van der Waals surface area contributed by atoms with Crippen LogP contribution in [0, 0.1) is 27.2 Å². The van der Waals surface area contributed by atoms with Crippen LogP contribution in [-0.2, 0) is 0 Å². The monoisotopic (exact) mass is 329 g/mol. The Hall–Kier alpha value is -3.29. The van der Waals surface area contributed by atoms with Gasteiger partial charge in [-0.05, 0) is 19.4 Å². The van der Waals surface area contributed by atoms with E-state index in [0.29, 0.717) is 0 Å². The second-order valence-electron chi connectivity index (χ2n) is 5.26. The molecule has 0 aliphatic rings. The molecule has 2 aromatic rings. The first-order valence-corrected chi connectivity index (χ1v) is 7.10. The van der Waals surface area contributed by atoms with Gasteiger partial charge < -0.3 is 5.32 Å². The number of non-ortho nitro benzene ring substituents is 1. The number of amides is 1. The van der Waals surface area contributed by atoms with E-state index < -0.39 is 27.1 Å². The van der Waals surface area contributed by atoms with Gasteiger partial charge in [0.25, 0.3) is 17.3 Å². The van der Waals surface area contributed by atoms with E-state index in [-0.39, 0.29) is 17.2 Å². The first-order valence-electron chi connectivity index (χ1n) is 7.10. The molecule has 1 N–H and O–H groups in total. The van der Waals surface area contributed by atoms with Crippen molar-refractivity contribution >= 4 is 17.3 Å². The van der Waals surface area contributed by atoms with Crippen LogP contribution in [0.1, 0.15) is 34.5 Å². The van der Waals surface area contributed by atoms with E-state index in [1.807, 2.05) is 30.3 Å². The molecule has 0 aromatic heterocycles. The standard InChI is InChI=1S/C16H15N3O5/c1-10-14(8-13(18(21)22)9-15(10)19(23)24)16(20)17-11(2)12-6-4-3-5-7-12/h3-9,11H,1-2H3,(H,17,20). The van der Waals surface area contributed by atoms with Crippen LogP contribution in [0.2, 0.25) is 0 Å². The number of nitrogens with zero attached hydrogens (tertiary/aromatic N) is 2. The zero-order valence-corrected chi connectivity index (χ0v) is 13.1. The van der Waals surface area contributed by atoms with E-state index in [1.165, 1.54) is 6.92 Å². The summed E-state index contributed by atoms with van der Waals surface area (Å²) in [5.74, 6) is -0.601. The van der Waals surface area contributed by atoms with Crippen molar-refractivity contribution in [2.45, 2.75) is 19.9 Å². The van der Waals surface area contributed by atoms with Gasteiger partial charge in [0.1, 0.15) is 0 Å². The molecule has 0 spiro atoms. The Morgan fingerprint density at radius 2 is 1.71 bits per heavy atom. The van der Waals surface area contributed by atoms with Crippen LogP contribution in [0.3, 0.4) is 0 Å². The zero-order chi connectivity index (χ0) is 17.9. The molecule has 8 heteroatoms.